The molecule has 0 rings (SSSR count). The fourth-order valence-corrected chi connectivity index (χ4v) is 0.439. The van der Waals surface area contributed by atoms with Crippen LogP contribution in [-0.2, 0) is 14.3 Å². The first-order chi connectivity index (χ1) is 7.08. The zero-order chi connectivity index (χ0) is 12.1. The largest absolute Gasteiger partial charge is 0.478 e. The molecule has 0 aliphatic rings. The summed E-state index contributed by atoms with van der Waals surface area (Å²) in [6.07, 6.45) is 4.14. The molecule has 0 saturated heterocycles. The number of carboxylic acids is 1. The first-order valence-corrected chi connectivity index (χ1v) is 4.34. The van der Waals surface area contributed by atoms with Crippen LogP contribution >= 0.6 is 0 Å². The van der Waals surface area contributed by atoms with Gasteiger partial charge in [0.1, 0.15) is 0 Å². The number of hydrogen-bond donors (Lipinski definition) is 2. The van der Waals surface area contributed by atoms with Crippen LogP contribution in [0.4, 0.5) is 0 Å². The fraction of sp³-hybridized carbons (Fsp3) is 0.400. The lowest BCUT2D eigenvalue weighted by atomic mass is 10.5. The van der Waals surface area contributed by atoms with Crippen molar-refractivity contribution in [3.8, 4) is 0 Å². The molecule has 0 aromatic carbocycles. The highest BCUT2D eigenvalue weighted by Crippen LogP contribution is 1.82. The van der Waals surface area contributed by atoms with E-state index < -0.39 is 11.9 Å². The van der Waals surface area contributed by atoms with E-state index in [4.69, 9.17) is 10.2 Å². The Hall–Kier alpha value is -1.62. The van der Waals surface area contributed by atoms with Gasteiger partial charge in [-0.1, -0.05) is 12.7 Å². The van der Waals surface area contributed by atoms with Crippen LogP contribution in [0.1, 0.15) is 13.3 Å². The number of carboxylic acid groups (broad SMARTS) is 1. The second-order valence-corrected chi connectivity index (χ2v) is 2.29. The molecule has 5 nitrogen and oxygen atoms in total. The molecule has 0 aromatic rings. The van der Waals surface area contributed by atoms with E-state index >= 15 is 0 Å². The molecule has 0 atom stereocenters. The molecule has 0 unspecified atom stereocenters. The molecule has 0 spiro atoms. The van der Waals surface area contributed by atoms with E-state index in [1.807, 2.05) is 0 Å². The van der Waals surface area contributed by atoms with Crippen molar-refractivity contribution in [1.29, 1.82) is 0 Å². The monoisotopic (exact) mass is 216 g/mol. The van der Waals surface area contributed by atoms with Crippen LogP contribution in [0.15, 0.2) is 24.8 Å². The van der Waals surface area contributed by atoms with E-state index in [9.17, 15) is 9.59 Å². The van der Waals surface area contributed by atoms with Gasteiger partial charge in [-0.3, -0.25) is 0 Å². The molecule has 0 saturated carbocycles. The minimum absolute atomic E-state index is 0.0461. The van der Waals surface area contributed by atoms with Crippen molar-refractivity contribution in [1.82, 2.24) is 0 Å². The summed E-state index contributed by atoms with van der Waals surface area (Å²) < 4.78 is 4.51. The smallest absolute Gasteiger partial charge is 0.330 e. The van der Waals surface area contributed by atoms with Crippen molar-refractivity contribution in [2.24, 2.45) is 0 Å². The van der Waals surface area contributed by atoms with E-state index in [0.29, 0.717) is 6.42 Å². The SMILES string of the molecule is C=CC(=O)OCCCO.CC=CC(=O)O. The Labute approximate surface area is 88.7 Å². The molecule has 15 heavy (non-hydrogen) atoms. The molecule has 5 heteroatoms. The second-order valence-electron chi connectivity index (χ2n) is 2.29. The van der Waals surface area contributed by atoms with Crippen LogP contribution in [-0.4, -0.2) is 35.4 Å². The molecule has 0 fully saturated rings. The maximum Gasteiger partial charge on any atom is 0.330 e. The van der Waals surface area contributed by atoms with E-state index in [-0.39, 0.29) is 13.2 Å². The van der Waals surface area contributed by atoms with Gasteiger partial charge in [0.25, 0.3) is 0 Å². The maximum absolute atomic E-state index is 10.3. The van der Waals surface area contributed by atoms with Gasteiger partial charge in [0.15, 0.2) is 0 Å². The summed E-state index contributed by atoms with van der Waals surface area (Å²) in [5, 5.41) is 16.1. The second kappa shape index (κ2) is 12.4. The van der Waals surface area contributed by atoms with Gasteiger partial charge in [0, 0.05) is 25.2 Å². The number of carbonyl (C=O) groups is 2. The number of esters is 1. The molecule has 0 bridgehead atoms. The fourth-order valence-electron chi connectivity index (χ4n) is 0.439. The van der Waals surface area contributed by atoms with Gasteiger partial charge in [-0.25, -0.2) is 9.59 Å². The number of aliphatic carboxylic acids is 1. The predicted octanol–water partition coefficient (Wildman–Crippen LogP) is 0.745. The normalized spacial score (nSPS) is 8.93. The number of allylic oxidation sites excluding steroid dienone is 1. The van der Waals surface area contributed by atoms with Gasteiger partial charge in [0.2, 0.25) is 0 Å². The quantitative estimate of drug-likeness (QED) is 0.402. The van der Waals surface area contributed by atoms with Gasteiger partial charge in [-0.05, 0) is 6.92 Å². The Bertz CT molecular complexity index is 220. The van der Waals surface area contributed by atoms with E-state index in [0.717, 1.165) is 12.2 Å². The van der Waals surface area contributed by atoms with Gasteiger partial charge in [-0.2, -0.15) is 0 Å². The number of aliphatic hydroxyl groups is 1. The number of aliphatic hydroxyl groups excluding tert-OH is 1. The Morgan fingerprint density at radius 2 is 2.07 bits per heavy atom. The average molecular weight is 216 g/mol. The number of carbonyl (C=O) groups excluding carboxylic acids is 1. The molecule has 0 radical (unpaired) electrons. The summed E-state index contributed by atoms with van der Waals surface area (Å²) in [6, 6.07) is 0. The summed E-state index contributed by atoms with van der Waals surface area (Å²) in [7, 11) is 0. The van der Waals surface area contributed by atoms with Crippen LogP contribution in [0, 0.1) is 0 Å². The number of rotatable bonds is 5. The van der Waals surface area contributed by atoms with Crippen LogP contribution in [0.25, 0.3) is 0 Å². The first-order valence-electron chi connectivity index (χ1n) is 4.34. The summed E-state index contributed by atoms with van der Waals surface area (Å²) in [5.41, 5.74) is 0. The minimum Gasteiger partial charge on any atom is -0.478 e. The summed E-state index contributed by atoms with van der Waals surface area (Å²) >= 11 is 0. The van der Waals surface area contributed by atoms with Gasteiger partial charge in [0.05, 0.1) is 6.61 Å². The first kappa shape index (κ1) is 15.8. The highest BCUT2D eigenvalue weighted by molar-refractivity contribution is 5.81. The Morgan fingerprint density at radius 3 is 2.33 bits per heavy atom. The molecule has 0 aliphatic carbocycles. The molecule has 0 heterocycles. The lowest BCUT2D eigenvalue weighted by Gasteiger charge is -1.96. The molecule has 0 aromatic heterocycles. The van der Waals surface area contributed by atoms with Crippen molar-refractivity contribution in [3.63, 3.8) is 0 Å². The van der Waals surface area contributed by atoms with Gasteiger partial charge >= 0.3 is 11.9 Å². The van der Waals surface area contributed by atoms with Crippen molar-refractivity contribution < 1.29 is 24.5 Å². The third-order valence-corrected chi connectivity index (χ3v) is 1.02. The molecular formula is C10H16O5. The Balaban J connectivity index is 0. The molecule has 86 valence electrons. The summed E-state index contributed by atoms with van der Waals surface area (Å²) in [6.45, 7) is 5.17. The van der Waals surface area contributed by atoms with Gasteiger partial charge in [-0.15, -0.1) is 0 Å². The molecule has 0 amide bonds. The van der Waals surface area contributed by atoms with Crippen molar-refractivity contribution in [2.45, 2.75) is 13.3 Å². The minimum atomic E-state index is -0.891. The lowest BCUT2D eigenvalue weighted by Crippen LogP contribution is -2.02. The van der Waals surface area contributed by atoms with E-state index in [2.05, 4.69) is 11.3 Å². The third kappa shape index (κ3) is 19.0. The highest BCUT2D eigenvalue weighted by Gasteiger charge is 1.91. The van der Waals surface area contributed by atoms with Crippen LogP contribution in [0.2, 0.25) is 0 Å². The standard InChI is InChI=1S/C6H10O3.C4H6O2/c1-2-6(8)9-5-3-4-7;1-2-3-4(5)6/h2,7H,1,3-5H2;2-3H,1H3,(H,5,6). The number of ether oxygens (including phenoxy) is 1. The summed E-state index contributed by atoms with van der Waals surface area (Å²) in [4.78, 5) is 19.8. The molecule has 0 aliphatic heterocycles. The van der Waals surface area contributed by atoms with Gasteiger partial charge < -0.3 is 14.9 Å². The topological polar surface area (TPSA) is 83.8 Å². The molecular weight excluding hydrogens is 200 g/mol. The molecule has 2 N–H and O–H groups in total. The zero-order valence-corrected chi connectivity index (χ0v) is 8.68. The number of hydrogen-bond acceptors (Lipinski definition) is 4. The van der Waals surface area contributed by atoms with E-state index in [1.54, 1.807) is 6.92 Å². The third-order valence-electron chi connectivity index (χ3n) is 1.02. The predicted molar refractivity (Wildman–Crippen MR) is 55.3 cm³/mol. The Kier molecular flexibility index (Phi) is 13.1. The van der Waals surface area contributed by atoms with Crippen molar-refractivity contribution in [2.75, 3.05) is 13.2 Å². The van der Waals surface area contributed by atoms with Crippen LogP contribution in [0.3, 0.4) is 0 Å². The van der Waals surface area contributed by atoms with Crippen LogP contribution in [0.5, 0.6) is 0 Å². The van der Waals surface area contributed by atoms with Crippen molar-refractivity contribution >= 4 is 11.9 Å². The Morgan fingerprint density at radius 1 is 1.47 bits per heavy atom. The highest BCUT2D eigenvalue weighted by atomic mass is 16.5. The summed E-state index contributed by atoms with van der Waals surface area (Å²) in [5.74, 6) is -1.33. The zero-order valence-electron chi connectivity index (χ0n) is 8.68. The van der Waals surface area contributed by atoms with E-state index in [1.165, 1.54) is 6.08 Å². The lowest BCUT2D eigenvalue weighted by molar-refractivity contribution is -0.138. The van der Waals surface area contributed by atoms with Crippen LogP contribution < -0.4 is 0 Å². The average Bonchev–Trinajstić information content (AvgIpc) is 2.18. The maximum atomic E-state index is 10.3. The van der Waals surface area contributed by atoms with Crippen molar-refractivity contribution in [3.05, 3.63) is 24.8 Å².